The molecule has 0 fully saturated rings. The number of hydrogen-bond donors (Lipinski definition) is 3. The Morgan fingerprint density at radius 2 is 0.712 bits per heavy atom. The van der Waals surface area contributed by atoms with Gasteiger partial charge in [-0.25, -0.2) is 9.97 Å². The second-order valence-corrected chi connectivity index (χ2v) is 35.7. The van der Waals surface area contributed by atoms with E-state index in [1.807, 2.05) is 0 Å². The summed E-state index contributed by atoms with van der Waals surface area (Å²) in [4.78, 5) is 20.1. The van der Waals surface area contributed by atoms with Crippen LogP contribution in [0.1, 0.15) is 287 Å². The molecular weight excluding hydrogens is 1360 g/mol. The molecule has 2 aliphatic heterocycles. The normalized spacial score (nSPS) is 13.5. The number of ether oxygens (including phenoxy) is 4. The lowest BCUT2D eigenvalue weighted by Gasteiger charge is -2.27. The van der Waals surface area contributed by atoms with Crippen molar-refractivity contribution in [3.05, 3.63) is 262 Å². The maximum atomic E-state index is 7.84. The summed E-state index contributed by atoms with van der Waals surface area (Å²) in [6.45, 7) is 52.1. The SMILES string of the molecule is CCCOc1c2cccc1Cc1cc(-c3c4nc(cc5[nH]c(c(C)c5CC)c(-c5ccccc5)c5nc(cc6[nH]c3c(C)c6CC)C(CC)=C5C)C(CC)=C4C)cc(c1OCc1cc(C(C)(C)C)cc(C(C)(C)C)c1)Cc1cccc(c1OCCC)Cc1cc(N)cc(c1OCc1cc(C(C)(C)C)cc(C(C)(C)C)c1)C2. The summed E-state index contributed by atoms with van der Waals surface area (Å²) in [5.74, 6) is 3.40. The van der Waals surface area contributed by atoms with Crippen molar-refractivity contribution in [2.75, 3.05) is 18.9 Å². The zero-order valence-corrected chi connectivity index (χ0v) is 70.8. The van der Waals surface area contributed by atoms with Crippen LogP contribution >= 0.6 is 0 Å². The topological polar surface area (TPSA) is 120 Å². The average Bonchev–Trinajstić information content (AvgIpc) is 1.57. The summed E-state index contributed by atoms with van der Waals surface area (Å²) >= 11 is 0. The Balaban J connectivity index is 1.13. The standard InChI is InChI=1S/C102H121N5O4/c1-23-40-108-95-67-36-32-38-69(95)48-74-52-80(103)53-75(98(74)111-59-65-44-78(101(17,18)19)55-79(45-65)102(20,21)22)49-70-39-33-37-68(96(70)109-41-24-2)47-73-51-71(50-72(46-67)97(73)110-58-64-42-76(99(11,12)13)54-77(43-64)100(14,15)16)90-93-62(9)83(27-5)87(106-93)56-85-81(25-3)60(7)91(104-85)89(66-34-30-29-31-35-66)92-61(8)82(26-4)86(105-92)57-88-84(28-6)63(10)94(90)107-88/h29-39,42-45,50-57,104,107H,23-28,40-41,46-49,58-59,103H2,1-22H3. The molecule has 0 atom stereocenters. The van der Waals surface area contributed by atoms with Crippen LogP contribution in [0.4, 0.5) is 5.69 Å². The first kappa shape index (κ1) is 79.2. The van der Waals surface area contributed by atoms with E-state index in [9.17, 15) is 0 Å². The van der Waals surface area contributed by atoms with Crippen LogP contribution in [0.5, 0.6) is 23.0 Å². The van der Waals surface area contributed by atoms with E-state index < -0.39 is 0 Å². The highest BCUT2D eigenvalue weighted by atomic mass is 16.5. The van der Waals surface area contributed by atoms with Crippen LogP contribution in [-0.4, -0.2) is 33.1 Å². The van der Waals surface area contributed by atoms with Gasteiger partial charge in [-0.15, -0.1) is 0 Å². The van der Waals surface area contributed by atoms with Gasteiger partial charge < -0.3 is 34.6 Å². The number of aryl methyl sites for hydroxylation is 4. The molecule has 10 aromatic rings. The first-order valence-electron chi connectivity index (χ1n) is 41.2. The van der Waals surface area contributed by atoms with Crippen LogP contribution in [0.25, 0.3) is 66.6 Å². The Hall–Kier alpha value is -9.86. The van der Waals surface area contributed by atoms with E-state index in [0.717, 1.165) is 190 Å². The van der Waals surface area contributed by atoms with Gasteiger partial charge in [0, 0.05) is 64.7 Å². The highest BCUT2D eigenvalue weighted by molar-refractivity contribution is 6.04. The van der Waals surface area contributed by atoms with Gasteiger partial charge in [-0.05, 0) is 247 Å². The zero-order valence-electron chi connectivity index (χ0n) is 70.8. The van der Waals surface area contributed by atoms with Crippen molar-refractivity contribution in [1.29, 1.82) is 0 Å². The molecule has 0 amide bonds. The molecule has 1 aliphatic carbocycles. The third-order valence-corrected chi connectivity index (χ3v) is 23.3. The summed E-state index contributed by atoms with van der Waals surface area (Å²) in [6, 6.07) is 52.3. The summed E-state index contributed by atoms with van der Waals surface area (Å²) in [5, 5.41) is 0. The van der Waals surface area contributed by atoms with Crippen molar-refractivity contribution in [2.45, 2.75) is 251 Å². The Bertz CT molecular complexity index is 5300. The monoisotopic (exact) mass is 1480 g/mol. The van der Waals surface area contributed by atoms with E-state index in [4.69, 9.17) is 34.6 Å². The number of rotatable bonds is 18. The van der Waals surface area contributed by atoms with Crippen LogP contribution in [0.2, 0.25) is 0 Å². The Labute approximate surface area is 663 Å². The molecule has 9 heteroatoms. The third-order valence-electron chi connectivity index (χ3n) is 23.3. The Morgan fingerprint density at radius 3 is 1.05 bits per heavy atom. The number of anilines is 1. The Kier molecular flexibility index (Phi) is 22.6. The molecule has 3 aromatic heterocycles. The van der Waals surface area contributed by atoms with Crippen molar-refractivity contribution in [3.63, 3.8) is 0 Å². The van der Waals surface area contributed by atoms with E-state index in [-0.39, 0.29) is 21.7 Å². The minimum Gasteiger partial charge on any atom is -0.493 e. The van der Waals surface area contributed by atoms with Gasteiger partial charge in [-0.2, -0.15) is 0 Å². The molecule has 0 saturated carbocycles. The molecule has 578 valence electrons. The molecule has 3 aliphatic rings. The van der Waals surface area contributed by atoms with Crippen LogP contribution in [0, 0.1) is 13.8 Å². The highest BCUT2D eigenvalue weighted by Crippen LogP contribution is 2.48. The molecule has 9 nitrogen and oxygen atoms in total. The second kappa shape index (κ2) is 31.7. The Morgan fingerprint density at radius 1 is 0.369 bits per heavy atom. The molecule has 4 N–H and O–H groups in total. The highest BCUT2D eigenvalue weighted by Gasteiger charge is 2.31. The number of hydrogen-bond acceptors (Lipinski definition) is 7. The zero-order chi connectivity index (χ0) is 79.3. The largest absolute Gasteiger partial charge is 0.493 e. The molecule has 111 heavy (non-hydrogen) atoms. The van der Waals surface area contributed by atoms with Crippen LogP contribution in [0.15, 0.2) is 140 Å². The van der Waals surface area contributed by atoms with E-state index in [1.165, 1.54) is 61.2 Å². The fraction of sp³-hybridized carbons (Fsp3) is 0.392. The third kappa shape index (κ3) is 16.2. The maximum Gasteiger partial charge on any atom is 0.127 e. The molecule has 0 spiro atoms. The van der Waals surface area contributed by atoms with E-state index >= 15 is 0 Å². The lowest BCUT2D eigenvalue weighted by Crippen LogP contribution is -2.17. The summed E-state index contributed by atoms with van der Waals surface area (Å²) < 4.78 is 29.8. The predicted molar refractivity (Wildman–Crippen MR) is 469 cm³/mol. The van der Waals surface area contributed by atoms with Crippen molar-refractivity contribution in [1.82, 2.24) is 19.9 Å². The molecule has 16 bridgehead atoms. The van der Waals surface area contributed by atoms with E-state index in [1.54, 1.807) is 0 Å². The van der Waals surface area contributed by atoms with Crippen LogP contribution in [0.3, 0.4) is 0 Å². The molecule has 0 unspecified atom stereocenters. The van der Waals surface area contributed by atoms with Gasteiger partial charge in [0.1, 0.15) is 36.2 Å². The molecule has 7 aromatic carbocycles. The smallest absolute Gasteiger partial charge is 0.127 e. The minimum atomic E-state index is -0.106. The van der Waals surface area contributed by atoms with Crippen molar-refractivity contribution in [3.8, 4) is 45.3 Å². The maximum absolute atomic E-state index is 7.84. The quantitative estimate of drug-likeness (QED) is 0.0732. The number of allylic oxidation sites excluding steroid dienone is 4. The number of para-hydroxylation sites is 2. The van der Waals surface area contributed by atoms with Gasteiger partial charge in [-0.3, -0.25) is 0 Å². The van der Waals surface area contributed by atoms with Crippen molar-refractivity contribution >= 4 is 50.0 Å². The van der Waals surface area contributed by atoms with Gasteiger partial charge in [0.2, 0.25) is 0 Å². The number of nitrogen functional groups attached to an aromatic ring is 1. The number of H-pyrrole nitrogens is 2. The second-order valence-electron chi connectivity index (χ2n) is 35.7. The lowest BCUT2D eigenvalue weighted by molar-refractivity contribution is 0.296. The fourth-order valence-corrected chi connectivity index (χ4v) is 17.1. The molecule has 0 saturated heterocycles. The van der Waals surface area contributed by atoms with Crippen molar-refractivity contribution < 1.29 is 18.9 Å². The van der Waals surface area contributed by atoms with Gasteiger partial charge in [0.05, 0.1) is 47.0 Å². The van der Waals surface area contributed by atoms with Crippen LogP contribution < -0.4 is 24.7 Å². The average molecular weight is 1480 g/mol. The number of nitrogens with two attached hydrogens (primary N) is 1. The van der Waals surface area contributed by atoms with E-state index in [2.05, 4.69) is 302 Å². The van der Waals surface area contributed by atoms with Gasteiger partial charge in [0.25, 0.3) is 0 Å². The fourth-order valence-electron chi connectivity index (χ4n) is 17.1. The first-order chi connectivity index (χ1) is 52.8. The van der Waals surface area contributed by atoms with Gasteiger partial charge in [-0.1, -0.05) is 228 Å². The van der Waals surface area contributed by atoms with Crippen LogP contribution in [-0.2, 0) is 73.4 Å². The minimum absolute atomic E-state index is 0.0690. The summed E-state index contributed by atoms with van der Waals surface area (Å²) in [5.41, 5.74) is 45.4. The number of nitrogens with zero attached hydrogens (tertiary/aromatic N) is 2. The molecule has 13 rings (SSSR count). The van der Waals surface area contributed by atoms with Crippen molar-refractivity contribution in [2.24, 2.45) is 0 Å². The number of fused-ring (bicyclic) bond motifs is 16. The number of benzene rings is 7. The first-order valence-corrected chi connectivity index (χ1v) is 41.2. The molecule has 0 radical (unpaired) electrons. The lowest BCUT2D eigenvalue weighted by atomic mass is 9.79. The number of aromatic nitrogens is 4. The molecular formula is C102H121N5O4. The van der Waals surface area contributed by atoms with Gasteiger partial charge >= 0.3 is 0 Å². The van der Waals surface area contributed by atoms with E-state index in [0.29, 0.717) is 57.8 Å². The number of nitrogens with one attached hydrogen (secondary N) is 2. The summed E-state index contributed by atoms with van der Waals surface area (Å²) in [7, 11) is 0. The number of aromatic amines is 2. The molecule has 5 heterocycles. The van der Waals surface area contributed by atoms with Gasteiger partial charge in [0.15, 0.2) is 0 Å². The summed E-state index contributed by atoms with van der Waals surface area (Å²) in [6.07, 6.45) is 6.86. The predicted octanol–water partition coefficient (Wildman–Crippen LogP) is 26.3.